The van der Waals surface area contributed by atoms with E-state index in [2.05, 4.69) is 6.92 Å². The number of carbonyl (C=O) groups excluding carboxylic acids is 1. The number of carbonyl (C=O) groups is 2. The Balaban J connectivity index is 1.77. The first-order valence-corrected chi connectivity index (χ1v) is 8.92. The number of unbranched alkanes of at least 4 members (excludes halogenated alkanes) is 1. The summed E-state index contributed by atoms with van der Waals surface area (Å²) < 4.78 is 11.4. The summed E-state index contributed by atoms with van der Waals surface area (Å²) in [5.74, 6) is -1.33. The standard InChI is InChI=1S/C20H26O5/c1-2-3-14-24-17-9-11-18(12-10-17)25-20(23)16-7-4-15(5-8-16)6-13-19(21)22/h4-8,13,17-18H,2-3,9-12,14H2,1H3,(H,21,22)/b13-6+. The quantitative estimate of drug-likeness (QED) is 0.436. The first-order valence-electron chi connectivity index (χ1n) is 8.92. The van der Waals surface area contributed by atoms with Gasteiger partial charge < -0.3 is 14.6 Å². The lowest BCUT2D eigenvalue weighted by atomic mass is 9.95. The third kappa shape index (κ3) is 6.70. The Kier molecular flexibility index (Phi) is 7.67. The highest BCUT2D eigenvalue weighted by Gasteiger charge is 2.24. The lowest BCUT2D eigenvalue weighted by Crippen LogP contribution is -2.28. The molecule has 25 heavy (non-hydrogen) atoms. The Morgan fingerprint density at radius 2 is 1.76 bits per heavy atom. The van der Waals surface area contributed by atoms with Gasteiger partial charge >= 0.3 is 11.9 Å². The van der Waals surface area contributed by atoms with Crippen LogP contribution in [0.4, 0.5) is 0 Å². The fraction of sp³-hybridized carbons (Fsp3) is 0.500. The summed E-state index contributed by atoms with van der Waals surface area (Å²) in [4.78, 5) is 22.7. The van der Waals surface area contributed by atoms with Crippen molar-refractivity contribution in [2.24, 2.45) is 0 Å². The molecule has 1 aliphatic rings. The van der Waals surface area contributed by atoms with Gasteiger partial charge in [-0.15, -0.1) is 0 Å². The predicted octanol–water partition coefficient (Wildman–Crippen LogP) is 4.07. The van der Waals surface area contributed by atoms with Crippen molar-refractivity contribution < 1.29 is 24.2 Å². The largest absolute Gasteiger partial charge is 0.478 e. The number of hydrogen-bond acceptors (Lipinski definition) is 4. The van der Waals surface area contributed by atoms with E-state index in [1.807, 2.05) is 0 Å². The number of carboxylic acid groups (broad SMARTS) is 1. The molecule has 1 aromatic carbocycles. The van der Waals surface area contributed by atoms with Crippen molar-refractivity contribution in [2.75, 3.05) is 6.61 Å². The number of esters is 1. The molecule has 0 amide bonds. The number of rotatable bonds is 8. The van der Waals surface area contributed by atoms with E-state index in [9.17, 15) is 9.59 Å². The van der Waals surface area contributed by atoms with E-state index in [0.29, 0.717) is 11.7 Å². The predicted molar refractivity (Wildman–Crippen MR) is 95.4 cm³/mol. The van der Waals surface area contributed by atoms with Crippen LogP contribution in [0.5, 0.6) is 0 Å². The number of hydrogen-bond donors (Lipinski definition) is 1. The second-order valence-corrected chi connectivity index (χ2v) is 6.32. The van der Waals surface area contributed by atoms with E-state index in [0.717, 1.165) is 56.8 Å². The molecule has 0 aliphatic heterocycles. The summed E-state index contributed by atoms with van der Waals surface area (Å²) in [5, 5.41) is 8.61. The Morgan fingerprint density at radius 1 is 1.12 bits per heavy atom. The van der Waals surface area contributed by atoms with Crippen molar-refractivity contribution >= 4 is 18.0 Å². The van der Waals surface area contributed by atoms with E-state index in [4.69, 9.17) is 14.6 Å². The fourth-order valence-corrected chi connectivity index (χ4v) is 2.83. The van der Waals surface area contributed by atoms with Crippen LogP contribution in [0.3, 0.4) is 0 Å². The van der Waals surface area contributed by atoms with Crippen LogP contribution in [0.1, 0.15) is 61.4 Å². The van der Waals surface area contributed by atoms with Gasteiger partial charge in [-0.1, -0.05) is 25.5 Å². The molecule has 136 valence electrons. The smallest absolute Gasteiger partial charge is 0.338 e. The molecule has 0 aromatic heterocycles. The minimum absolute atomic E-state index is 0.0508. The SMILES string of the molecule is CCCCOC1CCC(OC(=O)c2ccc(/C=C/C(=O)O)cc2)CC1. The van der Waals surface area contributed by atoms with Crippen molar-refractivity contribution in [3.63, 3.8) is 0 Å². The van der Waals surface area contributed by atoms with Gasteiger partial charge in [-0.25, -0.2) is 9.59 Å². The van der Waals surface area contributed by atoms with E-state index < -0.39 is 5.97 Å². The number of benzene rings is 1. The van der Waals surface area contributed by atoms with Crippen LogP contribution in [0.25, 0.3) is 6.08 Å². The lowest BCUT2D eigenvalue weighted by molar-refractivity contribution is -0.131. The van der Waals surface area contributed by atoms with E-state index in [1.54, 1.807) is 24.3 Å². The summed E-state index contributed by atoms with van der Waals surface area (Å²) in [6.07, 6.45) is 8.55. The van der Waals surface area contributed by atoms with Gasteiger partial charge in [0.2, 0.25) is 0 Å². The van der Waals surface area contributed by atoms with Crippen molar-refractivity contribution in [3.05, 3.63) is 41.5 Å². The average molecular weight is 346 g/mol. The monoisotopic (exact) mass is 346 g/mol. The molecular weight excluding hydrogens is 320 g/mol. The summed E-state index contributed by atoms with van der Waals surface area (Å²) in [6.45, 7) is 2.96. The highest BCUT2D eigenvalue weighted by Crippen LogP contribution is 2.24. The van der Waals surface area contributed by atoms with E-state index >= 15 is 0 Å². The molecular formula is C20H26O5. The maximum Gasteiger partial charge on any atom is 0.338 e. The normalized spacial score (nSPS) is 20.5. The van der Waals surface area contributed by atoms with Gasteiger partial charge in [-0.3, -0.25) is 0 Å². The minimum Gasteiger partial charge on any atom is -0.478 e. The molecule has 0 radical (unpaired) electrons. The van der Waals surface area contributed by atoms with Crippen LogP contribution >= 0.6 is 0 Å². The molecule has 1 aliphatic carbocycles. The van der Waals surface area contributed by atoms with Gasteiger partial charge in [-0.05, 0) is 55.9 Å². The average Bonchev–Trinajstić information content (AvgIpc) is 2.62. The molecule has 1 aromatic rings. The molecule has 0 heterocycles. The molecule has 2 rings (SSSR count). The van der Waals surface area contributed by atoms with Crippen LogP contribution in [0.2, 0.25) is 0 Å². The fourth-order valence-electron chi connectivity index (χ4n) is 2.83. The summed E-state index contributed by atoms with van der Waals surface area (Å²) in [6, 6.07) is 6.72. The highest BCUT2D eigenvalue weighted by molar-refractivity contribution is 5.90. The Morgan fingerprint density at radius 3 is 2.36 bits per heavy atom. The van der Waals surface area contributed by atoms with Crippen molar-refractivity contribution in [2.45, 2.75) is 57.7 Å². The third-order valence-electron chi connectivity index (χ3n) is 4.31. The Bertz CT molecular complexity index is 583. The number of ether oxygens (including phenoxy) is 2. The molecule has 5 nitrogen and oxygen atoms in total. The van der Waals surface area contributed by atoms with Crippen molar-refractivity contribution in [1.29, 1.82) is 0 Å². The maximum atomic E-state index is 12.2. The van der Waals surface area contributed by atoms with Crippen molar-refractivity contribution in [3.8, 4) is 0 Å². The molecule has 0 atom stereocenters. The summed E-state index contributed by atoms with van der Waals surface area (Å²) in [5.41, 5.74) is 1.21. The van der Waals surface area contributed by atoms with Gasteiger partial charge in [-0.2, -0.15) is 0 Å². The summed E-state index contributed by atoms with van der Waals surface area (Å²) >= 11 is 0. The second kappa shape index (κ2) is 9.99. The molecule has 0 bridgehead atoms. The van der Waals surface area contributed by atoms with E-state index in [-0.39, 0.29) is 12.1 Å². The molecule has 0 saturated heterocycles. The van der Waals surface area contributed by atoms with E-state index in [1.165, 1.54) is 6.08 Å². The minimum atomic E-state index is -1.00. The van der Waals surface area contributed by atoms with Crippen LogP contribution in [0, 0.1) is 0 Å². The zero-order chi connectivity index (χ0) is 18.1. The number of carboxylic acids is 1. The Hall–Kier alpha value is -2.14. The van der Waals surface area contributed by atoms with Crippen LogP contribution < -0.4 is 0 Å². The lowest BCUT2D eigenvalue weighted by Gasteiger charge is -2.28. The van der Waals surface area contributed by atoms with Gasteiger partial charge in [0.05, 0.1) is 11.7 Å². The van der Waals surface area contributed by atoms with Crippen LogP contribution in [-0.2, 0) is 14.3 Å². The van der Waals surface area contributed by atoms with Crippen LogP contribution in [-0.4, -0.2) is 35.9 Å². The molecule has 0 spiro atoms. The zero-order valence-corrected chi connectivity index (χ0v) is 14.6. The van der Waals surface area contributed by atoms with Crippen molar-refractivity contribution in [1.82, 2.24) is 0 Å². The molecule has 0 unspecified atom stereocenters. The second-order valence-electron chi connectivity index (χ2n) is 6.32. The van der Waals surface area contributed by atoms with Gasteiger partial charge in [0.25, 0.3) is 0 Å². The molecule has 1 saturated carbocycles. The molecule has 1 fully saturated rings. The third-order valence-corrected chi connectivity index (χ3v) is 4.31. The summed E-state index contributed by atoms with van der Waals surface area (Å²) in [7, 11) is 0. The Labute approximate surface area is 148 Å². The molecule has 5 heteroatoms. The van der Waals surface area contributed by atoms with Gasteiger partial charge in [0.15, 0.2) is 0 Å². The maximum absolute atomic E-state index is 12.2. The first kappa shape index (κ1) is 19.2. The number of aliphatic carboxylic acids is 1. The highest BCUT2D eigenvalue weighted by atomic mass is 16.5. The molecule has 1 N–H and O–H groups in total. The zero-order valence-electron chi connectivity index (χ0n) is 14.6. The van der Waals surface area contributed by atoms with Crippen LogP contribution in [0.15, 0.2) is 30.3 Å². The first-order chi connectivity index (χ1) is 12.1. The van der Waals surface area contributed by atoms with Gasteiger partial charge in [0, 0.05) is 12.7 Å². The van der Waals surface area contributed by atoms with Gasteiger partial charge in [0.1, 0.15) is 6.10 Å². The topological polar surface area (TPSA) is 72.8 Å².